The van der Waals surface area contributed by atoms with Gasteiger partial charge in [-0.2, -0.15) is 4.57 Å². The zero-order valence-corrected chi connectivity index (χ0v) is 21.1. The van der Waals surface area contributed by atoms with Gasteiger partial charge in [-0.25, -0.2) is 0 Å². The van der Waals surface area contributed by atoms with Crippen LogP contribution in [0.4, 0.5) is 0 Å². The van der Waals surface area contributed by atoms with Crippen molar-refractivity contribution in [2.75, 3.05) is 0 Å². The van der Waals surface area contributed by atoms with Gasteiger partial charge in [0.1, 0.15) is 0 Å². The van der Waals surface area contributed by atoms with Gasteiger partial charge in [0, 0.05) is 40.3 Å². The van der Waals surface area contributed by atoms with E-state index in [1.807, 2.05) is 18.2 Å². The molecule has 168 valence electrons. The largest absolute Gasteiger partial charge is 0.252 e. The molecular weight excluding hydrogens is 424 g/mol. The maximum Gasteiger partial charge on any atom is 0.214 e. The molecule has 0 atom stereocenters. The Labute approximate surface area is 202 Å². The molecule has 3 heteroatoms. The Morgan fingerprint density at radius 2 is 1.55 bits per heavy atom. The van der Waals surface area contributed by atoms with Gasteiger partial charge in [0.15, 0.2) is 11.9 Å². The minimum Gasteiger partial charge on any atom is -0.252 e. The molecule has 0 saturated heterocycles. The van der Waals surface area contributed by atoms with Crippen LogP contribution in [0.15, 0.2) is 72.9 Å². The van der Waals surface area contributed by atoms with Crippen molar-refractivity contribution in [3.8, 4) is 28.1 Å². The fraction of sp³-hybridized carbons (Fsp3) is 0.267. The molecule has 0 fully saturated rings. The summed E-state index contributed by atoms with van der Waals surface area (Å²) >= 11 is 6.29. The molecule has 0 N–H and O–H groups in total. The van der Waals surface area contributed by atoms with Crippen LogP contribution in [-0.4, -0.2) is 4.98 Å². The molecule has 0 aliphatic heterocycles. The number of hydrogen-bond donors (Lipinski definition) is 0. The first-order valence-corrected chi connectivity index (χ1v) is 12.0. The maximum atomic E-state index is 6.29. The van der Waals surface area contributed by atoms with Crippen molar-refractivity contribution in [3.63, 3.8) is 0 Å². The van der Waals surface area contributed by atoms with Gasteiger partial charge in [0.2, 0.25) is 5.69 Å². The van der Waals surface area contributed by atoms with Gasteiger partial charge in [-0.1, -0.05) is 69.6 Å². The highest BCUT2D eigenvalue weighted by atomic mass is 35.5. The van der Waals surface area contributed by atoms with E-state index >= 15 is 0 Å². The predicted molar refractivity (Wildman–Crippen MR) is 139 cm³/mol. The van der Waals surface area contributed by atoms with Gasteiger partial charge in [0.05, 0.1) is 11.4 Å². The summed E-state index contributed by atoms with van der Waals surface area (Å²) in [5.41, 5.74) is 10.5. The standard InChI is InChI=1S/C30H32ClN2/c1-19(2)28-16-26(17-29(32-28)27-12-7-9-21(5)22(27)6)33-18-24(13-14-30(33)20(3)4)23-10-8-11-25(31)15-23/h7-20H,1-6H3/q+1. The molecule has 0 aliphatic rings. The molecule has 2 aromatic heterocycles. The van der Waals surface area contributed by atoms with Gasteiger partial charge < -0.3 is 0 Å². The van der Waals surface area contributed by atoms with E-state index in [2.05, 4.69) is 101 Å². The molecular formula is C30H32ClN2+. The summed E-state index contributed by atoms with van der Waals surface area (Å²) < 4.78 is 2.32. The van der Waals surface area contributed by atoms with E-state index in [1.54, 1.807) is 0 Å². The van der Waals surface area contributed by atoms with Crippen molar-refractivity contribution in [3.05, 3.63) is 100 Å². The first kappa shape index (κ1) is 23.2. The minimum absolute atomic E-state index is 0.327. The van der Waals surface area contributed by atoms with Crippen molar-refractivity contribution >= 4 is 11.6 Å². The fourth-order valence-corrected chi connectivity index (χ4v) is 4.37. The number of rotatable bonds is 5. The summed E-state index contributed by atoms with van der Waals surface area (Å²) in [6.07, 6.45) is 2.23. The molecule has 4 rings (SSSR count). The summed E-state index contributed by atoms with van der Waals surface area (Å²) in [4.78, 5) is 5.07. The minimum atomic E-state index is 0.327. The SMILES string of the molecule is Cc1cccc(-c2cc(-[n+]3cc(-c4cccc(Cl)c4)ccc3C(C)C)cc(C(C)C)n2)c1C. The highest BCUT2D eigenvalue weighted by Gasteiger charge is 2.22. The number of nitrogens with zero attached hydrogens (tertiary/aromatic N) is 2. The second kappa shape index (κ2) is 9.49. The van der Waals surface area contributed by atoms with Gasteiger partial charge in [0.25, 0.3) is 0 Å². The zero-order chi connectivity index (χ0) is 23.7. The third kappa shape index (κ3) is 4.86. The van der Waals surface area contributed by atoms with E-state index in [1.165, 1.54) is 22.4 Å². The second-order valence-corrected chi connectivity index (χ2v) is 9.85. The Kier molecular flexibility index (Phi) is 6.67. The van der Waals surface area contributed by atoms with E-state index < -0.39 is 0 Å². The van der Waals surface area contributed by atoms with Crippen LogP contribution in [0.3, 0.4) is 0 Å². The number of aromatic nitrogens is 2. The number of benzene rings is 2. The topological polar surface area (TPSA) is 16.8 Å². The zero-order valence-electron chi connectivity index (χ0n) is 20.4. The fourth-order valence-electron chi connectivity index (χ4n) is 4.18. The molecule has 0 radical (unpaired) electrons. The number of aryl methyl sites for hydroxylation is 1. The number of halogens is 1. The van der Waals surface area contributed by atoms with Crippen molar-refractivity contribution in [2.45, 2.75) is 53.4 Å². The van der Waals surface area contributed by atoms with E-state index in [-0.39, 0.29) is 0 Å². The van der Waals surface area contributed by atoms with Crippen molar-refractivity contribution in [1.82, 2.24) is 4.98 Å². The van der Waals surface area contributed by atoms with Gasteiger partial charge in [-0.05, 0) is 54.7 Å². The lowest BCUT2D eigenvalue weighted by atomic mass is 9.98. The van der Waals surface area contributed by atoms with Gasteiger partial charge >= 0.3 is 0 Å². The van der Waals surface area contributed by atoms with E-state index in [4.69, 9.17) is 16.6 Å². The predicted octanol–water partition coefficient (Wildman–Crippen LogP) is 8.21. The van der Waals surface area contributed by atoms with Crippen LogP contribution < -0.4 is 4.57 Å². The summed E-state index contributed by atoms with van der Waals surface area (Å²) in [7, 11) is 0. The number of pyridine rings is 2. The lowest BCUT2D eigenvalue weighted by Crippen LogP contribution is -2.36. The Hall–Kier alpha value is -2.97. The molecule has 4 aromatic rings. The first-order chi connectivity index (χ1) is 15.7. The summed E-state index contributed by atoms with van der Waals surface area (Å²) in [5.74, 6) is 0.700. The van der Waals surface area contributed by atoms with E-state index in [0.717, 1.165) is 33.2 Å². The molecule has 0 amide bonds. The maximum absolute atomic E-state index is 6.29. The van der Waals surface area contributed by atoms with E-state index in [0.29, 0.717) is 11.8 Å². The van der Waals surface area contributed by atoms with Crippen molar-refractivity contribution in [1.29, 1.82) is 0 Å². The third-order valence-corrected chi connectivity index (χ3v) is 6.54. The molecule has 0 saturated carbocycles. The second-order valence-electron chi connectivity index (χ2n) is 9.42. The Morgan fingerprint density at radius 1 is 0.788 bits per heavy atom. The molecule has 2 nitrogen and oxygen atoms in total. The van der Waals surface area contributed by atoms with Crippen LogP contribution >= 0.6 is 11.6 Å². The lowest BCUT2D eigenvalue weighted by Gasteiger charge is -2.14. The molecule has 0 spiro atoms. The smallest absolute Gasteiger partial charge is 0.214 e. The lowest BCUT2D eigenvalue weighted by molar-refractivity contribution is -0.605. The summed E-state index contributed by atoms with van der Waals surface area (Å²) in [6, 6.07) is 23.4. The Morgan fingerprint density at radius 3 is 2.24 bits per heavy atom. The number of hydrogen-bond acceptors (Lipinski definition) is 1. The highest BCUT2D eigenvalue weighted by Crippen LogP contribution is 2.29. The van der Waals surface area contributed by atoms with Crippen LogP contribution in [-0.2, 0) is 0 Å². The Balaban J connectivity index is 1.96. The molecule has 2 aromatic carbocycles. The van der Waals surface area contributed by atoms with Crippen LogP contribution in [0, 0.1) is 13.8 Å². The molecule has 0 bridgehead atoms. The van der Waals surface area contributed by atoms with Crippen LogP contribution in [0.5, 0.6) is 0 Å². The van der Waals surface area contributed by atoms with Crippen molar-refractivity contribution in [2.24, 2.45) is 0 Å². The van der Waals surface area contributed by atoms with Gasteiger partial charge in [-0.15, -0.1) is 0 Å². The normalized spacial score (nSPS) is 11.4. The van der Waals surface area contributed by atoms with Crippen LogP contribution in [0.1, 0.15) is 62.0 Å². The summed E-state index contributed by atoms with van der Waals surface area (Å²) in [6.45, 7) is 13.2. The molecule has 0 aliphatic carbocycles. The monoisotopic (exact) mass is 455 g/mol. The molecule has 33 heavy (non-hydrogen) atoms. The molecule has 0 unspecified atom stereocenters. The average molecular weight is 456 g/mol. The summed E-state index contributed by atoms with van der Waals surface area (Å²) in [5, 5.41) is 0.746. The quantitative estimate of drug-likeness (QED) is 0.277. The Bertz CT molecular complexity index is 1300. The van der Waals surface area contributed by atoms with Crippen molar-refractivity contribution < 1.29 is 4.57 Å². The average Bonchev–Trinajstić information content (AvgIpc) is 2.80. The highest BCUT2D eigenvalue weighted by molar-refractivity contribution is 6.30. The van der Waals surface area contributed by atoms with Gasteiger partial charge in [-0.3, -0.25) is 4.98 Å². The first-order valence-electron chi connectivity index (χ1n) is 11.6. The van der Waals surface area contributed by atoms with E-state index in [9.17, 15) is 0 Å². The molecule has 2 heterocycles. The van der Waals surface area contributed by atoms with Crippen LogP contribution in [0.25, 0.3) is 28.1 Å². The van der Waals surface area contributed by atoms with Crippen LogP contribution in [0.2, 0.25) is 5.02 Å². The third-order valence-electron chi connectivity index (χ3n) is 6.31.